The third kappa shape index (κ3) is 3.31. The summed E-state index contributed by atoms with van der Waals surface area (Å²) in [6.45, 7) is 2.00. The molecule has 4 atom stereocenters. The number of Topliss-reactive ketones (excluding diaryl/α,β-unsaturated/α-hetero) is 1. The molecule has 6 heteroatoms. The number of rotatable bonds is 5. The van der Waals surface area contributed by atoms with Crippen LogP contribution in [0.25, 0.3) is 6.08 Å². The number of nitrogens with zero attached hydrogens (tertiary/aromatic N) is 2. The van der Waals surface area contributed by atoms with E-state index in [9.17, 15) is 14.9 Å². The highest BCUT2D eigenvalue weighted by atomic mass is 16.5. The molecule has 2 aliphatic heterocycles. The Morgan fingerprint density at radius 3 is 2.51 bits per heavy atom. The highest BCUT2D eigenvalue weighted by Crippen LogP contribution is 2.55. The summed E-state index contributed by atoms with van der Waals surface area (Å²) in [5.41, 5.74) is 8.31. The van der Waals surface area contributed by atoms with Crippen LogP contribution in [0.2, 0.25) is 0 Å². The molecular formula is C29H25N3O3. The largest absolute Gasteiger partial charge is 0.497 e. The molecule has 5 rings (SSSR count). The molecule has 3 aromatic rings. The Hall–Kier alpha value is -4.37. The highest BCUT2D eigenvalue weighted by molar-refractivity contribution is 6.06. The van der Waals surface area contributed by atoms with Crippen molar-refractivity contribution in [3.63, 3.8) is 0 Å². The zero-order valence-corrected chi connectivity index (χ0v) is 19.5. The van der Waals surface area contributed by atoms with Crippen LogP contribution in [0.15, 0.2) is 78.9 Å². The van der Waals surface area contributed by atoms with E-state index in [2.05, 4.69) is 6.07 Å². The van der Waals surface area contributed by atoms with Crippen LogP contribution >= 0.6 is 0 Å². The van der Waals surface area contributed by atoms with Gasteiger partial charge in [0.25, 0.3) is 0 Å². The van der Waals surface area contributed by atoms with Crippen molar-refractivity contribution >= 4 is 23.5 Å². The van der Waals surface area contributed by atoms with Crippen molar-refractivity contribution in [2.75, 3.05) is 12.0 Å². The van der Waals surface area contributed by atoms with Crippen LogP contribution < -0.4 is 15.4 Å². The minimum atomic E-state index is -1.65. The zero-order valence-electron chi connectivity index (χ0n) is 19.5. The molecule has 2 aliphatic rings. The molecule has 0 spiro atoms. The van der Waals surface area contributed by atoms with E-state index < -0.39 is 29.3 Å². The first-order chi connectivity index (χ1) is 16.9. The first-order valence-electron chi connectivity index (χ1n) is 11.4. The number of nitrogens with two attached hydrogens (primary N) is 1. The number of hydrogen-bond acceptors (Lipinski definition) is 5. The van der Waals surface area contributed by atoms with E-state index in [0.29, 0.717) is 16.9 Å². The predicted octanol–water partition coefficient (Wildman–Crippen LogP) is 4.25. The number of methoxy groups -OCH3 is 1. The molecular weight excluding hydrogens is 438 g/mol. The molecule has 1 amide bonds. The van der Waals surface area contributed by atoms with Gasteiger partial charge in [-0.1, -0.05) is 66.2 Å². The van der Waals surface area contributed by atoms with E-state index in [1.807, 2.05) is 72.5 Å². The van der Waals surface area contributed by atoms with Crippen LogP contribution in [0.1, 0.15) is 33.0 Å². The van der Waals surface area contributed by atoms with Gasteiger partial charge in [0.1, 0.15) is 11.8 Å². The van der Waals surface area contributed by atoms with Crippen molar-refractivity contribution in [2.45, 2.75) is 24.9 Å². The van der Waals surface area contributed by atoms with E-state index in [1.165, 1.54) is 0 Å². The molecule has 0 aromatic heterocycles. The lowest BCUT2D eigenvalue weighted by molar-refractivity contribution is -0.125. The molecule has 0 aliphatic carbocycles. The molecule has 0 radical (unpaired) electrons. The second-order valence-corrected chi connectivity index (χ2v) is 9.05. The number of aryl methyl sites for hydroxylation is 1. The first kappa shape index (κ1) is 22.4. The standard InChI is InChI=1S/C29H25N3O3/c1-18-11-13-23-20(15-18)12-14-24-29(17-30,28(31)34)25(19-7-4-3-5-8-19)26(32(23)24)27(33)21-9-6-10-22(16-21)35-2/h3-16,24-26H,1-2H3,(H2,31,34)/t24-,25+,26+,29+/m1/s1. The van der Waals surface area contributed by atoms with Crippen LogP contribution in [-0.4, -0.2) is 30.9 Å². The van der Waals surface area contributed by atoms with E-state index in [1.54, 1.807) is 31.4 Å². The number of hydrogen-bond donors (Lipinski definition) is 1. The van der Waals surface area contributed by atoms with Crippen LogP contribution in [0, 0.1) is 23.7 Å². The highest BCUT2D eigenvalue weighted by Gasteiger charge is 2.65. The van der Waals surface area contributed by atoms with Crippen molar-refractivity contribution < 1.29 is 14.3 Å². The Kier molecular flexibility index (Phi) is 5.41. The zero-order chi connectivity index (χ0) is 24.7. The number of carbonyl (C=O) groups is 2. The number of ether oxygens (including phenoxy) is 1. The molecule has 2 N–H and O–H groups in total. The summed E-state index contributed by atoms with van der Waals surface area (Å²) in [4.78, 5) is 29.4. The average molecular weight is 464 g/mol. The molecule has 0 bridgehead atoms. The lowest BCUT2D eigenvalue weighted by Crippen LogP contribution is -2.49. The molecule has 1 saturated heterocycles. The summed E-state index contributed by atoms with van der Waals surface area (Å²) in [5.74, 6) is -1.18. The fraction of sp³-hybridized carbons (Fsp3) is 0.207. The smallest absolute Gasteiger partial charge is 0.241 e. The summed E-state index contributed by atoms with van der Waals surface area (Å²) in [6.07, 6.45) is 3.75. The van der Waals surface area contributed by atoms with Gasteiger partial charge in [-0.05, 0) is 42.3 Å². The monoisotopic (exact) mass is 463 g/mol. The lowest BCUT2D eigenvalue weighted by atomic mass is 9.67. The van der Waals surface area contributed by atoms with E-state index in [4.69, 9.17) is 10.5 Å². The Morgan fingerprint density at radius 2 is 1.83 bits per heavy atom. The third-order valence-corrected chi connectivity index (χ3v) is 7.17. The van der Waals surface area contributed by atoms with Gasteiger partial charge in [-0.15, -0.1) is 0 Å². The minimum absolute atomic E-state index is 0.206. The summed E-state index contributed by atoms with van der Waals surface area (Å²) in [7, 11) is 1.55. The van der Waals surface area contributed by atoms with Crippen LogP contribution in [0.5, 0.6) is 5.75 Å². The van der Waals surface area contributed by atoms with Crippen molar-refractivity contribution in [3.05, 3.63) is 101 Å². The minimum Gasteiger partial charge on any atom is -0.497 e. The third-order valence-electron chi connectivity index (χ3n) is 7.17. The van der Waals surface area contributed by atoms with Gasteiger partial charge in [-0.3, -0.25) is 9.59 Å². The maximum absolute atomic E-state index is 14.3. The molecule has 0 unspecified atom stereocenters. The summed E-state index contributed by atoms with van der Waals surface area (Å²) >= 11 is 0. The number of carbonyl (C=O) groups excluding carboxylic acids is 2. The van der Waals surface area contributed by atoms with E-state index in [-0.39, 0.29) is 5.78 Å². The van der Waals surface area contributed by atoms with Gasteiger partial charge in [-0.2, -0.15) is 5.26 Å². The van der Waals surface area contributed by atoms with Crippen LogP contribution in [0.3, 0.4) is 0 Å². The number of fused-ring (bicyclic) bond motifs is 3. The molecule has 174 valence electrons. The normalized spacial score (nSPS) is 24.3. The maximum atomic E-state index is 14.3. The van der Waals surface area contributed by atoms with Gasteiger partial charge in [0.05, 0.1) is 19.2 Å². The molecule has 3 aromatic carbocycles. The van der Waals surface area contributed by atoms with Gasteiger partial charge < -0.3 is 15.4 Å². The number of anilines is 1. The number of ketones is 1. The fourth-order valence-corrected chi connectivity index (χ4v) is 5.59. The summed E-state index contributed by atoms with van der Waals surface area (Å²) < 4.78 is 5.35. The average Bonchev–Trinajstić information content (AvgIpc) is 3.20. The quantitative estimate of drug-likeness (QED) is 0.571. The predicted molar refractivity (Wildman–Crippen MR) is 134 cm³/mol. The lowest BCUT2D eigenvalue weighted by Gasteiger charge is -2.36. The molecule has 0 saturated carbocycles. The first-order valence-corrected chi connectivity index (χ1v) is 11.4. The Morgan fingerprint density at radius 1 is 1.06 bits per heavy atom. The summed E-state index contributed by atoms with van der Waals surface area (Å²) in [6, 6.07) is 22.9. The Bertz CT molecular complexity index is 1390. The van der Waals surface area contributed by atoms with Gasteiger partial charge in [0.15, 0.2) is 11.2 Å². The van der Waals surface area contributed by atoms with Crippen LogP contribution in [0.4, 0.5) is 5.69 Å². The topological polar surface area (TPSA) is 96.4 Å². The molecule has 2 heterocycles. The Labute approximate surface area is 204 Å². The van der Waals surface area contributed by atoms with Gasteiger partial charge in [-0.25, -0.2) is 0 Å². The van der Waals surface area contributed by atoms with Gasteiger partial charge in [0.2, 0.25) is 5.91 Å². The molecule has 1 fully saturated rings. The number of amides is 1. The van der Waals surface area contributed by atoms with Crippen molar-refractivity contribution in [1.29, 1.82) is 5.26 Å². The second-order valence-electron chi connectivity index (χ2n) is 9.05. The fourth-order valence-electron chi connectivity index (χ4n) is 5.59. The van der Waals surface area contributed by atoms with Crippen molar-refractivity contribution in [1.82, 2.24) is 0 Å². The van der Waals surface area contributed by atoms with Crippen molar-refractivity contribution in [3.8, 4) is 11.8 Å². The van der Waals surface area contributed by atoms with Gasteiger partial charge >= 0.3 is 0 Å². The van der Waals surface area contributed by atoms with Gasteiger partial charge in [0, 0.05) is 17.2 Å². The Balaban J connectivity index is 1.80. The van der Waals surface area contributed by atoms with E-state index >= 15 is 0 Å². The number of primary amides is 1. The van der Waals surface area contributed by atoms with Crippen molar-refractivity contribution in [2.24, 2.45) is 11.1 Å². The van der Waals surface area contributed by atoms with E-state index in [0.717, 1.165) is 16.8 Å². The number of benzene rings is 3. The second kappa shape index (κ2) is 8.44. The molecule has 6 nitrogen and oxygen atoms in total. The molecule has 35 heavy (non-hydrogen) atoms. The van der Waals surface area contributed by atoms with Crippen LogP contribution in [-0.2, 0) is 4.79 Å². The number of nitriles is 1. The maximum Gasteiger partial charge on any atom is 0.241 e. The summed E-state index contributed by atoms with van der Waals surface area (Å²) in [5, 5.41) is 10.6. The SMILES string of the molecule is COc1cccc(C(=O)[C@@H]2[C@H](c3ccccc3)[C@@](C#N)(C(N)=O)[C@H]3C=Cc4cc(C)ccc4N23)c1.